The summed E-state index contributed by atoms with van der Waals surface area (Å²) in [6.45, 7) is 0.00350. The van der Waals surface area contributed by atoms with Crippen LogP contribution in [-0.2, 0) is 27.5 Å². The first kappa shape index (κ1) is 21.4. The summed E-state index contributed by atoms with van der Waals surface area (Å²) >= 11 is 6.14. The van der Waals surface area contributed by atoms with Crippen LogP contribution in [0.15, 0.2) is 30.3 Å². The Hall–Kier alpha value is -3.30. The minimum absolute atomic E-state index is 0.0196. The molecule has 2 aromatic rings. The van der Waals surface area contributed by atoms with Gasteiger partial charge in [-0.1, -0.05) is 11.6 Å². The molecule has 1 aliphatic heterocycles. The first-order chi connectivity index (χ1) is 14.4. The molecular formula is C20H18ClNO8. The second-order valence-electron chi connectivity index (χ2n) is 6.14. The van der Waals surface area contributed by atoms with Crippen LogP contribution >= 0.6 is 11.6 Å². The van der Waals surface area contributed by atoms with Crippen LogP contribution < -0.4 is 14.2 Å². The van der Waals surface area contributed by atoms with Crippen LogP contribution in [0.4, 0.5) is 5.69 Å². The second kappa shape index (κ2) is 9.47. The molecule has 0 spiro atoms. The van der Waals surface area contributed by atoms with Gasteiger partial charge in [0.15, 0.2) is 18.3 Å². The zero-order chi connectivity index (χ0) is 21.7. The first-order valence-electron chi connectivity index (χ1n) is 8.70. The highest BCUT2D eigenvalue weighted by Gasteiger charge is 2.21. The van der Waals surface area contributed by atoms with Crippen LogP contribution in [0.3, 0.4) is 0 Å². The number of carbonyl (C=O) groups excluding carboxylic acids is 1. The molecule has 158 valence electrons. The fraction of sp³-hybridized carbons (Fsp3) is 0.250. The maximum Gasteiger partial charge on any atom is 0.331 e. The number of fused-ring (bicyclic) bond motifs is 1. The third-order valence-electron chi connectivity index (χ3n) is 4.22. The molecule has 0 unspecified atom stereocenters. The highest BCUT2D eigenvalue weighted by Crippen LogP contribution is 2.36. The van der Waals surface area contributed by atoms with Crippen molar-refractivity contribution in [3.63, 3.8) is 0 Å². The van der Waals surface area contributed by atoms with Crippen LogP contribution in [0.25, 0.3) is 6.08 Å². The third kappa shape index (κ3) is 4.81. The van der Waals surface area contributed by atoms with E-state index in [9.17, 15) is 14.9 Å². The Bertz CT molecular complexity index is 1000. The molecule has 0 atom stereocenters. The fourth-order valence-electron chi connectivity index (χ4n) is 2.89. The lowest BCUT2D eigenvalue weighted by molar-refractivity contribution is -0.385. The van der Waals surface area contributed by atoms with Gasteiger partial charge in [0.25, 0.3) is 5.69 Å². The topological polar surface area (TPSA) is 106 Å². The van der Waals surface area contributed by atoms with E-state index >= 15 is 0 Å². The zero-order valence-corrected chi connectivity index (χ0v) is 16.9. The number of rotatable bonds is 7. The summed E-state index contributed by atoms with van der Waals surface area (Å²) in [7, 11) is 2.95. The molecule has 9 nitrogen and oxygen atoms in total. The summed E-state index contributed by atoms with van der Waals surface area (Å²) in [6.07, 6.45) is 2.72. The molecule has 0 aliphatic carbocycles. The summed E-state index contributed by atoms with van der Waals surface area (Å²) in [5, 5.41) is 11.5. The van der Waals surface area contributed by atoms with Crippen molar-refractivity contribution < 1.29 is 33.4 Å². The molecule has 0 saturated carbocycles. The number of benzene rings is 2. The summed E-state index contributed by atoms with van der Waals surface area (Å²) in [5.41, 5.74) is 1.38. The smallest absolute Gasteiger partial charge is 0.331 e. The molecule has 0 saturated heterocycles. The minimum atomic E-state index is -0.645. The number of ether oxygens (including phenoxy) is 5. The number of methoxy groups -OCH3 is 2. The van der Waals surface area contributed by atoms with E-state index < -0.39 is 10.9 Å². The largest absolute Gasteiger partial charge is 0.493 e. The Labute approximate surface area is 176 Å². The standard InChI is InChI=1S/C20H18ClNO8/c1-26-17-6-12(5-16(21)20(17)27-2)3-4-18(23)29-10-14-8-15(22(24)25)7-13-9-28-11-30-19(13)14/h3-8H,9-11H2,1-2H3. The van der Waals surface area contributed by atoms with Crippen LogP contribution in [-0.4, -0.2) is 31.9 Å². The summed E-state index contributed by atoms with van der Waals surface area (Å²) in [6, 6.07) is 5.95. The molecular weight excluding hydrogens is 418 g/mol. The maximum atomic E-state index is 12.1. The van der Waals surface area contributed by atoms with Gasteiger partial charge in [-0.05, 0) is 23.8 Å². The molecule has 3 rings (SSSR count). The van der Waals surface area contributed by atoms with Gasteiger partial charge in [0.2, 0.25) is 0 Å². The van der Waals surface area contributed by atoms with E-state index in [1.807, 2.05) is 0 Å². The van der Waals surface area contributed by atoms with Crippen molar-refractivity contribution in [1.29, 1.82) is 0 Å². The number of halogens is 1. The fourth-order valence-corrected chi connectivity index (χ4v) is 3.19. The van der Waals surface area contributed by atoms with Crippen LogP contribution in [0.5, 0.6) is 17.2 Å². The summed E-state index contributed by atoms with van der Waals surface area (Å²) in [5.74, 6) is 0.586. The van der Waals surface area contributed by atoms with Crippen molar-refractivity contribution in [3.05, 3.63) is 62.2 Å². The van der Waals surface area contributed by atoms with Crippen LogP contribution in [0.2, 0.25) is 5.02 Å². The van der Waals surface area contributed by atoms with Gasteiger partial charge >= 0.3 is 5.97 Å². The molecule has 1 aliphatic rings. The highest BCUT2D eigenvalue weighted by molar-refractivity contribution is 6.32. The van der Waals surface area contributed by atoms with Gasteiger partial charge in [-0.2, -0.15) is 0 Å². The third-order valence-corrected chi connectivity index (χ3v) is 4.50. The average molecular weight is 436 g/mol. The molecule has 30 heavy (non-hydrogen) atoms. The van der Waals surface area contributed by atoms with E-state index in [1.165, 1.54) is 38.5 Å². The van der Waals surface area contributed by atoms with Crippen molar-refractivity contribution >= 4 is 29.3 Å². The number of hydrogen-bond donors (Lipinski definition) is 0. The number of hydrogen-bond acceptors (Lipinski definition) is 8. The Morgan fingerprint density at radius 1 is 1.27 bits per heavy atom. The molecule has 1 heterocycles. The molecule has 0 bridgehead atoms. The van der Waals surface area contributed by atoms with Gasteiger partial charge in [0.1, 0.15) is 12.4 Å². The quantitative estimate of drug-likeness (QED) is 0.279. The molecule has 2 aromatic carbocycles. The average Bonchev–Trinajstić information content (AvgIpc) is 2.75. The number of non-ortho nitro benzene ring substituents is 1. The van der Waals surface area contributed by atoms with E-state index in [2.05, 4.69) is 0 Å². The van der Waals surface area contributed by atoms with Gasteiger partial charge in [-0.3, -0.25) is 10.1 Å². The number of nitro benzene ring substituents is 1. The molecule has 0 amide bonds. The van der Waals surface area contributed by atoms with Crippen LogP contribution in [0, 0.1) is 10.1 Å². The maximum absolute atomic E-state index is 12.1. The monoisotopic (exact) mass is 435 g/mol. The van der Waals surface area contributed by atoms with E-state index in [4.69, 9.17) is 35.3 Å². The molecule has 10 heteroatoms. The predicted molar refractivity (Wildman–Crippen MR) is 107 cm³/mol. The van der Waals surface area contributed by atoms with Gasteiger partial charge in [0.05, 0.1) is 30.8 Å². The Kier molecular flexibility index (Phi) is 6.76. The zero-order valence-electron chi connectivity index (χ0n) is 16.2. The molecule has 0 fully saturated rings. The van der Waals surface area contributed by atoms with E-state index in [0.29, 0.717) is 39.0 Å². The second-order valence-corrected chi connectivity index (χ2v) is 6.55. The number of nitro groups is 1. The lowest BCUT2D eigenvalue weighted by Gasteiger charge is -2.20. The van der Waals surface area contributed by atoms with E-state index in [0.717, 1.165) is 0 Å². The predicted octanol–water partition coefficient (Wildman–Crippen LogP) is 3.89. The summed E-state index contributed by atoms with van der Waals surface area (Å²) < 4.78 is 26.2. The number of nitrogens with zero attached hydrogens (tertiary/aromatic N) is 1. The normalized spacial score (nSPS) is 12.8. The lowest BCUT2D eigenvalue weighted by atomic mass is 10.1. The van der Waals surface area contributed by atoms with Gasteiger partial charge < -0.3 is 23.7 Å². The molecule has 0 N–H and O–H groups in total. The lowest BCUT2D eigenvalue weighted by Crippen LogP contribution is -2.14. The highest BCUT2D eigenvalue weighted by atomic mass is 35.5. The summed E-state index contributed by atoms with van der Waals surface area (Å²) in [4.78, 5) is 22.8. The Morgan fingerprint density at radius 2 is 2.07 bits per heavy atom. The molecule has 0 aromatic heterocycles. The van der Waals surface area contributed by atoms with Gasteiger partial charge in [0, 0.05) is 29.3 Å². The van der Waals surface area contributed by atoms with Crippen molar-refractivity contribution in [3.8, 4) is 17.2 Å². The van der Waals surface area contributed by atoms with Crippen molar-refractivity contribution in [2.75, 3.05) is 21.0 Å². The van der Waals surface area contributed by atoms with E-state index in [1.54, 1.807) is 12.1 Å². The van der Waals surface area contributed by atoms with Crippen molar-refractivity contribution in [1.82, 2.24) is 0 Å². The first-order valence-corrected chi connectivity index (χ1v) is 9.07. The Balaban J connectivity index is 1.73. The van der Waals surface area contributed by atoms with E-state index in [-0.39, 0.29) is 25.7 Å². The number of esters is 1. The van der Waals surface area contributed by atoms with Gasteiger partial charge in [-0.15, -0.1) is 0 Å². The Morgan fingerprint density at radius 3 is 2.77 bits per heavy atom. The van der Waals surface area contributed by atoms with Gasteiger partial charge in [-0.25, -0.2) is 4.79 Å². The molecule has 0 radical (unpaired) electrons. The van der Waals surface area contributed by atoms with Crippen molar-refractivity contribution in [2.45, 2.75) is 13.2 Å². The SMILES string of the molecule is COc1cc(C=CC(=O)OCc2cc([N+](=O)[O-])cc3c2OCOC3)cc(Cl)c1OC. The van der Waals surface area contributed by atoms with Crippen molar-refractivity contribution in [2.24, 2.45) is 0 Å². The number of carbonyl (C=O) groups is 1. The minimum Gasteiger partial charge on any atom is -0.493 e. The van der Waals surface area contributed by atoms with Crippen LogP contribution in [0.1, 0.15) is 16.7 Å².